The third-order valence-electron chi connectivity index (χ3n) is 2.22. The molecule has 0 rings (SSSR count). The van der Waals surface area contributed by atoms with Crippen LogP contribution in [0.3, 0.4) is 0 Å². The molecule has 0 saturated heterocycles. The van der Waals surface area contributed by atoms with Crippen LogP contribution in [0.5, 0.6) is 0 Å². The van der Waals surface area contributed by atoms with Gasteiger partial charge in [-0.1, -0.05) is 13.3 Å². The molecule has 1 atom stereocenters. The summed E-state index contributed by atoms with van der Waals surface area (Å²) in [6.45, 7) is 3.25. The minimum absolute atomic E-state index is 0.105. The molecule has 0 aliphatic heterocycles. The summed E-state index contributed by atoms with van der Waals surface area (Å²) < 4.78 is 4.79. The van der Waals surface area contributed by atoms with E-state index in [9.17, 15) is 9.59 Å². The molecule has 2 amide bonds. The summed E-state index contributed by atoms with van der Waals surface area (Å²) in [5, 5.41) is 5.30. The molecule has 17 heavy (non-hydrogen) atoms. The quantitative estimate of drug-likeness (QED) is 0.472. The lowest BCUT2D eigenvalue weighted by molar-refractivity contribution is -0.123. The van der Waals surface area contributed by atoms with Crippen LogP contribution in [0.1, 0.15) is 26.2 Å². The molecule has 0 aromatic carbocycles. The normalized spacial score (nSPS) is 11.9. The van der Waals surface area contributed by atoms with Crippen LogP contribution in [0.2, 0.25) is 0 Å². The van der Waals surface area contributed by atoms with Crippen molar-refractivity contribution < 1.29 is 14.3 Å². The zero-order valence-corrected chi connectivity index (χ0v) is 10.6. The van der Waals surface area contributed by atoms with Crippen LogP contribution in [0, 0.1) is 0 Å². The van der Waals surface area contributed by atoms with Crippen molar-refractivity contribution in [1.82, 2.24) is 10.6 Å². The second-order valence-electron chi connectivity index (χ2n) is 3.78. The van der Waals surface area contributed by atoms with E-state index in [1.54, 1.807) is 7.11 Å². The van der Waals surface area contributed by atoms with E-state index in [-0.39, 0.29) is 18.2 Å². The van der Waals surface area contributed by atoms with Gasteiger partial charge in [-0.3, -0.25) is 9.59 Å². The van der Waals surface area contributed by atoms with E-state index in [0.29, 0.717) is 26.1 Å². The van der Waals surface area contributed by atoms with Crippen LogP contribution in [0.25, 0.3) is 0 Å². The van der Waals surface area contributed by atoms with Crippen molar-refractivity contribution in [2.75, 3.05) is 26.8 Å². The van der Waals surface area contributed by atoms with E-state index in [1.165, 1.54) is 0 Å². The van der Waals surface area contributed by atoms with Crippen molar-refractivity contribution in [2.24, 2.45) is 5.73 Å². The fourth-order valence-electron chi connectivity index (χ4n) is 1.25. The monoisotopic (exact) mass is 245 g/mol. The lowest BCUT2D eigenvalue weighted by atomic mass is 10.1. The van der Waals surface area contributed by atoms with Crippen LogP contribution in [-0.2, 0) is 14.3 Å². The zero-order valence-electron chi connectivity index (χ0n) is 10.6. The summed E-state index contributed by atoms with van der Waals surface area (Å²) in [5.41, 5.74) is 5.61. The Balaban J connectivity index is 3.55. The SMILES string of the molecule is CCCC(N)C(=O)NCCC(=O)NCCOC. The number of ether oxygens (including phenoxy) is 1. The van der Waals surface area contributed by atoms with Crippen LogP contribution >= 0.6 is 0 Å². The molecule has 0 aromatic rings. The van der Waals surface area contributed by atoms with Gasteiger partial charge in [-0.15, -0.1) is 0 Å². The van der Waals surface area contributed by atoms with Crippen LogP contribution in [0.4, 0.5) is 0 Å². The molecule has 6 nitrogen and oxygen atoms in total. The second-order valence-corrected chi connectivity index (χ2v) is 3.78. The summed E-state index contributed by atoms with van der Waals surface area (Å²) in [4.78, 5) is 22.6. The number of hydrogen-bond donors (Lipinski definition) is 3. The highest BCUT2D eigenvalue weighted by Gasteiger charge is 2.11. The predicted molar refractivity (Wildman–Crippen MR) is 65.4 cm³/mol. The van der Waals surface area contributed by atoms with Crippen molar-refractivity contribution in [3.05, 3.63) is 0 Å². The first-order valence-corrected chi connectivity index (χ1v) is 5.90. The number of carbonyl (C=O) groups excluding carboxylic acids is 2. The lowest BCUT2D eigenvalue weighted by Crippen LogP contribution is -2.41. The molecule has 6 heteroatoms. The number of methoxy groups -OCH3 is 1. The number of rotatable bonds is 9. The van der Waals surface area contributed by atoms with Crippen LogP contribution in [0.15, 0.2) is 0 Å². The molecule has 0 aromatic heterocycles. The van der Waals surface area contributed by atoms with Gasteiger partial charge in [0, 0.05) is 26.6 Å². The summed E-state index contributed by atoms with van der Waals surface area (Å²) >= 11 is 0. The molecule has 0 aliphatic carbocycles. The molecular weight excluding hydrogens is 222 g/mol. The van der Waals surface area contributed by atoms with Crippen LogP contribution < -0.4 is 16.4 Å². The molecule has 1 unspecified atom stereocenters. The van der Waals surface area contributed by atoms with Gasteiger partial charge in [-0.25, -0.2) is 0 Å². The largest absolute Gasteiger partial charge is 0.383 e. The molecule has 0 bridgehead atoms. The Kier molecular flexibility index (Phi) is 9.37. The fourth-order valence-corrected chi connectivity index (χ4v) is 1.25. The second kappa shape index (κ2) is 10.0. The highest BCUT2D eigenvalue weighted by Crippen LogP contribution is 1.92. The number of nitrogens with one attached hydrogen (secondary N) is 2. The Labute approximate surface area is 102 Å². The Bertz CT molecular complexity index is 234. The molecule has 0 heterocycles. The lowest BCUT2D eigenvalue weighted by Gasteiger charge is -2.11. The third kappa shape index (κ3) is 8.65. The predicted octanol–water partition coefficient (Wildman–Crippen LogP) is -0.617. The van der Waals surface area contributed by atoms with Gasteiger partial charge in [-0.05, 0) is 6.42 Å². The van der Waals surface area contributed by atoms with Crippen molar-refractivity contribution in [3.8, 4) is 0 Å². The first-order valence-electron chi connectivity index (χ1n) is 5.90. The maximum Gasteiger partial charge on any atom is 0.236 e. The first kappa shape index (κ1) is 15.9. The summed E-state index contributed by atoms with van der Waals surface area (Å²) in [5.74, 6) is -0.303. The molecule has 4 N–H and O–H groups in total. The van der Waals surface area contributed by atoms with Gasteiger partial charge >= 0.3 is 0 Å². The summed E-state index contributed by atoms with van der Waals surface area (Å²) in [7, 11) is 1.57. The molecule has 0 radical (unpaired) electrons. The van der Waals surface area contributed by atoms with Gasteiger partial charge in [0.15, 0.2) is 0 Å². The van der Waals surface area contributed by atoms with E-state index in [2.05, 4.69) is 10.6 Å². The summed E-state index contributed by atoms with van der Waals surface area (Å²) in [6.07, 6.45) is 1.78. The molecule has 100 valence electrons. The number of nitrogens with two attached hydrogens (primary N) is 1. The maximum absolute atomic E-state index is 11.4. The molecule has 0 saturated carbocycles. The van der Waals surface area contributed by atoms with Crippen LogP contribution in [-0.4, -0.2) is 44.7 Å². The highest BCUT2D eigenvalue weighted by molar-refractivity contribution is 5.82. The minimum atomic E-state index is -0.475. The van der Waals surface area contributed by atoms with Gasteiger partial charge in [0.05, 0.1) is 12.6 Å². The number of carbonyl (C=O) groups is 2. The van der Waals surface area contributed by atoms with Gasteiger partial charge < -0.3 is 21.1 Å². The topological polar surface area (TPSA) is 93.5 Å². The smallest absolute Gasteiger partial charge is 0.236 e. The Morgan fingerprint density at radius 1 is 1.29 bits per heavy atom. The third-order valence-corrected chi connectivity index (χ3v) is 2.22. The molecule has 0 fully saturated rings. The van der Waals surface area contributed by atoms with E-state index in [0.717, 1.165) is 6.42 Å². The maximum atomic E-state index is 11.4. The standard InChI is InChI=1S/C11H23N3O3/c1-3-4-9(12)11(16)14-6-5-10(15)13-7-8-17-2/h9H,3-8,12H2,1-2H3,(H,13,15)(H,14,16). The summed E-state index contributed by atoms with van der Waals surface area (Å²) in [6, 6.07) is -0.475. The van der Waals surface area contributed by atoms with Gasteiger partial charge in [-0.2, -0.15) is 0 Å². The molecule has 0 aliphatic rings. The molecular formula is C11H23N3O3. The van der Waals surface area contributed by atoms with E-state index in [1.807, 2.05) is 6.92 Å². The van der Waals surface area contributed by atoms with Crippen molar-refractivity contribution in [3.63, 3.8) is 0 Å². The van der Waals surface area contributed by atoms with Gasteiger partial charge in [0.1, 0.15) is 0 Å². The first-order chi connectivity index (χ1) is 8.11. The number of hydrogen-bond acceptors (Lipinski definition) is 4. The Hall–Kier alpha value is -1.14. The zero-order chi connectivity index (χ0) is 13.1. The van der Waals surface area contributed by atoms with Crippen molar-refractivity contribution in [2.45, 2.75) is 32.2 Å². The minimum Gasteiger partial charge on any atom is -0.383 e. The fraction of sp³-hybridized carbons (Fsp3) is 0.818. The average Bonchev–Trinajstić information content (AvgIpc) is 2.29. The van der Waals surface area contributed by atoms with Gasteiger partial charge in [0.2, 0.25) is 11.8 Å². The van der Waals surface area contributed by atoms with E-state index in [4.69, 9.17) is 10.5 Å². The Morgan fingerprint density at radius 2 is 2.00 bits per heavy atom. The molecule has 0 spiro atoms. The number of amides is 2. The van der Waals surface area contributed by atoms with Gasteiger partial charge in [0.25, 0.3) is 0 Å². The average molecular weight is 245 g/mol. The van der Waals surface area contributed by atoms with E-state index < -0.39 is 6.04 Å². The van der Waals surface area contributed by atoms with Crippen molar-refractivity contribution in [1.29, 1.82) is 0 Å². The van der Waals surface area contributed by atoms with Crippen molar-refractivity contribution >= 4 is 11.8 Å². The highest BCUT2D eigenvalue weighted by atomic mass is 16.5. The van der Waals surface area contributed by atoms with E-state index >= 15 is 0 Å². The Morgan fingerprint density at radius 3 is 2.59 bits per heavy atom.